The van der Waals surface area contributed by atoms with Crippen molar-refractivity contribution in [3.05, 3.63) is 0 Å². The summed E-state index contributed by atoms with van der Waals surface area (Å²) in [7, 11) is 0. The minimum absolute atomic E-state index is 0.113. The standard InChI is InChI=1S/C11H18O5S/c1-7(13)16-11-3-2-10(15)9(11)6-17-5-8(14)4-12/h8-9,11-12,14H,2-6H2,1H3/t8?,9-,11-/m1/s1. The lowest BCUT2D eigenvalue weighted by Gasteiger charge is -2.18. The highest BCUT2D eigenvalue weighted by atomic mass is 32.2. The van der Waals surface area contributed by atoms with Crippen LogP contribution in [0.25, 0.3) is 0 Å². The summed E-state index contributed by atoms with van der Waals surface area (Å²) < 4.78 is 5.09. The molecule has 0 radical (unpaired) electrons. The first-order valence-corrected chi connectivity index (χ1v) is 6.76. The Morgan fingerprint density at radius 1 is 1.65 bits per heavy atom. The van der Waals surface area contributed by atoms with Crippen molar-refractivity contribution in [1.82, 2.24) is 0 Å². The lowest BCUT2D eigenvalue weighted by molar-refractivity contribution is -0.148. The van der Waals surface area contributed by atoms with Gasteiger partial charge in [-0.3, -0.25) is 9.59 Å². The minimum Gasteiger partial charge on any atom is -0.462 e. The maximum absolute atomic E-state index is 11.6. The largest absolute Gasteiger partial charge is 0.462 e. The molecule has 1 unspecified atom stereocenters. The summed E-state index contributed by atoms with van der Waals surface area (Å²) in [5, 5.41) is 17.8. The third-order valence-corrected chi connectivity index (χ3v) is 3.89. The highest BCUT2D eigenvalue weighted by Gasteiger charge is 2.36. The van der Waals surface area contributed by atoms with Crippen LogP contribution < -0.4 is 0 Å². The number of aliphatic hydroxyl groups is 2. The van der Waals surface area contributed by atoms with Crippen molar-refractivity contribution in [2.45, 2.75) is 32.0 Å². The van der Waals surface area contributed by atoms with Crippen molar-refractivity contribution in [2.24, 2.45) is 5.92 Å². The number of hydrogen-bond donors (Lipinski definition) is 2. The first-order chi connectivity index (χ1) is 8.04. The van der Waals surface area contributed by atoms with E-state index >= 15 is 0 Å². The molecule has 0 aromatic rings. The first-order valence-electron chi connectivity index (χ1n) is 5.61. The number of ketones is 1. The molecule has 1 rings (SSSR count). The van der Waals surface area contributed by atoms with Crippen LogP contribution in [0, 0.1) is 5.92 Å². The number of Topliss-reactive ketones (excluding diaryl/α,β-unsaturated/α-hetero) is 1. The molecule has 3 atom stereocenters. The molecule has 0 bridgehead atoms. The molecule has 0 amide bonds. The van der Waals surface area contributed by atoms with Crippen molar-refractivity contribution < 1.29 is 24.5 Å². The van der Waals surface area contributed by atoms with Crippen molar-refractivity contribution in [3.8, 4) is 0 Å². The summed E-state index contributed by atoms with van der Waals surface area (Å²) in [4.78, 5) is 22.5. The van der Waals surface area contributed by atoms with Gasteiger partial charge in [-0.05, 0) is 6.42 Å². The number of aliphatic hydroxyl groups excluding tert-OH is 2. The lowest BCUT2D eigenvalue weighted by Crippen LogP contribution is -2.27. The average Bonchev–Trinajstić information content (AvgIpc) is 2.60. The lowest BCUT2D eigenvalue weighted by atomic mass is 10.1. The van der Waals surface area contributed by atoms with Gasteiger partial charge in [0.2, 0.25) is 0 Å². The van der Waals surface area contributed by atoms with E-state index in [0.717, 1.165) is 0 Å². The monoisotopic (exact) mass is 262 g/mol. The van der Waals surface area contributed by atoms with Gasteiger partial charge in [0, 0.05) is 24.9 Å². The molecule has 1 saturated carbocycles. The summed E-state index contributed by atoms with van der Waals surface area (Å²) in [6.45, 7) is 1.06. The zero-order chi connectivity index (χ0) is 12.8. The highest BCUT2D eigenvalue weighted by molar-refractivity contribution is 7.99. The third-order valence-electron chi connectivity index (χ3n) is 2.67. The Hall–Kier alpha value is -0.590. The second-order valence-corrected chi connectivity index (χ2v) is 5.21. The number of hydrogen-bond acceptors (Lipinski definition) is 6. The van der Waals surface area contributed by atoms with Gasteiger partial charge in [-0.15, -0.1) is 0 Å². The summed E-state index contributed by atoms with van der Waals surface area (Å²) in [6, 6.07) is 0. The summed E-state index contributed by atoms with van der Waals surface area (Å²) >= 11 is 1.40. The number of esters is 1. The molecule has 17 heavy (non-hydrogen) atoms. The molecule has 0 aromatic carbocycles. The number of carbonyl (C=O) groups is 2. The molecule has 5 nitrogen and oxygen atoms in total. The molecule has 0 saturated heterocycles. The van der Waals surface area contributed by atoms with Crippen LogP contribution in [0.4, 0.5) is 0 Å². The summed E-state index contributed by atoms with van der Waals surface area (Å²) in [5.74, 6) is 0.383. The van der Waals surface area contributed by atoms with E-state index in [0.29, 0.717) is 24.3 Å². The van der Waals surface area contributed by atoms with Gasteiger partial charge in [0.1, 0.15) is 11.9 Å². The van der Waals surface area contributed by atoms with Crippen LogP contribution >= 0.6 is 11.8 Å². The maximum Gasteiger partial charge on any atom is 0.302 e. The summed E-state index contributed by atoms with van der Waals surface area (Å²) in [6.07, 6.45) is -0.0415. The Balaban J connectivity index is 2.37. The number of thioether (sulfide) groups is 1. The number of carbonyl (C=O) groups excluding carboxylic acids is 2. The predicted octanol–water partition coefficient (Wildman–Crippen LogP) is -0.0164. The van der Waals surface area contributed by atoms with E-state index in [1.165, 1.54) is 18.7 Å². The molecule has 2 N–H and O–H groups in total. The second kappa shape index (κ2) is 6.98. The number of rotatable bonds is 6. The molecule has 0 spiro atoms. The Morgan fingerprint density at radius 2 is 2.35 bits per heavy atom. The fourth-order valence-electron chi connectivity index (χ4n) is 1.82. The van der Waals surface area contributed by atoms with Crippen LogP contribution in [0.15, 0.2) is 0 Å². The molecule has 1 aliphatic rings. The van der Waals surface area contributed by atoms with Crippen molar-refractivity contribution in [2.75, 3.05) is 18.1 Å². The van der Waals surface area contributed by atoms with Crippen molar-refractivity contribution >= 4 is 23.5 Å². The van der Waals surface area contributed by atoms with Crippen LogP contribution in [0.5, 0.6) is 0 Å². The maximum atomic E-state index is 11.6. The minimum atomic E-state index is -0.760. The predicted molar refractivity (Wildman–Crippen MR) is 63.7 cm³/mol. The van der Waals surface area contributed by atoms with Gasteiger partial charge in [0.05, 0.1) is 18.6 Å². The smallest absolute Gasteiger partial charge is 0.302 e. The molecule has 0 aromatic heterocycles. The molecule has 1 aliphatic carbocycles. The van der Waals surface area contributed by atoms with E-state index in [4.69, 9.17) is 14.9 Å². The van der Waals surface area contributed by atoms with Crippen LogP contribution in [0.1, 0.15) is 19.8 Å². The quantitative estimate of drug-likeness (QED) is 0.655. The van der Waals surface area contributed by atoms with Gasteiger partial charge in [-0.25, -0.2) is 0 Å². The number of ether oxygens (including phenoxy) is 1. The van der Waals surface area contributed by atoms with E-state index in [1.54, 1.807) is 0 Å². The molecule has 0 heterocycles. The second-order valence-electron chi connectivity index (χ2n) is 4.13. The normalized spacial score (nSPS) is 25.9. The topological polar surface area (TPSA) is 83.8 Å². The fourth-order valence-corrected chi connectivity index (χ4v) is 2.98. The Labute approximate surface area is 105 Å². The average molecular weight is 262 g/mol. The molecule has 0 aliphatic heterocycles. The van der Waals surface area contributed by atoms with Crippen molar-refractivity contribution in [3.63, 3.8) is 0 Å². The van der Waals surface area contributed by atoms with Gasteiger partial charge in [-0.1, -0.05) is 0 Å². The van der Waals surface area contributed by atoms with Gasteiger partial charge < -0.3 is 14.9 Å². The Bertz CT molecular complexity index is 281. The molecular formula is C11H18O5S. The molecule has 98 valence electrons. The first kappa shape index (κ1) is 14.5. The summed E-state index contributed by atoms with van der Waals surface area (Å²) in [5.41, 5.74) is 0. The van der Waals surface area contributed by atoms with Crippen LogP contribution in [0.3, 0.4) is 0 Å². The van der Waals surface area contributed by atoms with E-state index < -0.39 is 6.10 Å². The third kappa shape index (κ3) is 4.65. The van der Waals surface area contributed by atoms with Crippen molar-refractivity contribution in [1.29, 1.82) is 0 Å². The van der Waals surface area contributed by atoms with Crippen LogP contribution in [-0.2, 0) is 14.3 Å². The highest BCUT2D eigenvalue weighted by Crippen LogP contribution is 2.28. The van der Waals surface area contributed by atoms with Gasteiger partial charge in [-0.2, -0.15) is 11.8 Å². The zero-order valence-corrected chi connectivity index (χ0v) is 10.6. The van der Waals surface area contributed by atoms with Gasteiger partial charge in [0.15, 0.2) is 0 Å². The SMILES string of the molecule is CC(=O)O[C@@H]1CCC(=O)[C@H]1CSCC(O)CO. The zero-order valence-electron chi connectivity index (χ0n) is 9.80. The van der Waals surface area contributed by atoms with Crippen LogP contribution in [-0.4, -0.2) is 52.3 Å². The van der Waals surface area contributed by atoms with E-state index in [9.17, 15) is 9.59 Å². The van der Waals surface area contributed by atoms with Gasteiger partial charge in [0.25, 0.3) is 0 Å². The van der Waals surface area contributed by atoms with Crippen LogP contribution in [0.2, 0.25) is 0 Å². The van der Waals surface area contributed by atoms with Gasteiger partial charge >= 0.3 is 5.97 Å². The molecule has 1 fully saturated rings. The molecule has 6 heteroatoms. The molecular weight excluding hydrogens is 244 g/mol. The Kier molecular flexibility index (Phi) is 5.94. The van der Waals surface area contributed by atoms with E-state index in [2.05, 4.69) is 0 Å². The Morgan fingerprint density at radius 3 is 2.94 bits per heavy atom. The van der Waals surface area contributed by atoms with E-state index in [-0.39, 0.29) is 30.4 Å². The fraction of sp³-hybridized carbons (Fsp3) is 0.818. The van der Waals surface area contributed by atoms with E-state index in [1.807, 2.05) is 0 Å².